The lowest BCUT2D eigenvalue weighted by Crippen LogP contribution is -1.97. The van der Waals surface area contributed by atoms with Gasteiger partial charge in [-0.05, 0) is 24.3 Å². The van der Waals surface area contributed by atoms with Crippen LogP contribution < -0.4 is 5.32 Å². The molecular weight excluding hydrogens is 328 g/mol. The van der Waals surface area contributed by atoms with Gasteiger partial charge in [-0.1, -0.05) is 19.1 Å². The Labute approximate surface area is 141 Å². The summed E-state index contributed by atoms with van der Waals surface area (Å²) < 4.78 is 11.3. The molecule has 0 radical (unpaired) electrons. The van der Waals surface area contributed by atoms with E-state index in [9.17, 15) is 0 Å². The summed E-state index contributed by atoms with van der Waals surface area (Å²) in [6.45, 7) is 2.63. The monoisotopic (exact) mass is 342 g/mol. The first-order valence-electron chi connectivity index (χ1n) is 7.33. The fraction of sp³-hybridized carbons (Fsp3) is 0.188. The lowest BCUT2D eigenvalue weighted by molar-refractivity contribution is 0.531. The van der Waals surface area contributed by atoms with Gasteiger partial charge < -0.3 is 9.73 Å². The molecule has 0 amide bonds. The Bertz CT molecular complexity index is 907. The van der Waals surface area contributed by atoms with Crippen LogP contribution in [0.4, 0.5) is 5.13 Å². The van der Waals surface area contributed by atoms with Crippen LogP contribution in [0.15, 0.2) is 40.8 Å². The molecule has 0 aliphatic carbocycles. The Hall–Kier alpha value is -2.25. The summed E-state index contributed by atoms with van der Waals surface area (Å²) in [5.41, 5.74) is 1.00. The first-order chi connectivity index (χ1) is 11.3. The van der Waals surface area contributed by atoms with Gasteiger partial charge in [0.1, 0.15) is 11.6 Å². The number of nitrogens with zero attached hydrogens (tertiary/aromatic N) is 3. The van der Waals surface area contributed by atoms with E-state index in [1.165, 1.54) is 16.2 Å². The highest BCUT2D eigenvalue weighted by molar-refractivity contribution is 7.21. The molecule has 3 heterocycles. The Morgan fingerprint density at radius 2 is 2.04 bits per heavy atom. The maximum atomic E-state index is 5.90. The van der Waals surface area contributed by atoms with Crippen LogP contribution in [0.1, 0.15) is 18.5 Å². The summed E-state index contributed by atoms with van der Waals surface area (Å²) in [6, 6.07) is 12.0. The third-order valence-corrected chi connectivity index (χ3v) is 5.13. The standard InChI is InChI=1S/C16H14N4OS2/c1-2-14-19-16(23-20-14)17-9-10-7-8-12(21-10)15-18-11-5-3-4-6-13(11)22-15/h3-8H,2,9H2,1H3,(H,17,19,20). The number of anilines is 1. The van der Waals surface area contributed by atoms with Crippen LogP contribution in [0.5, 0.6) is 0 Å². The van der Waals surface area contributed by atoms with Crippen molar-refractivity contribution in [3.63, 3.8) is 0 Å². The first-order valence-corrected chi connectivity index (χ1v) is 8.92. The van der Waals surface area contributed by atoms with Crippen LogP contribution in [0.25, 0.3) is 21.0 Å². The number of nitrogens with one attached hydrogen (secondary N) is 1. The Morgan fingerprint density at radius 1 is 1.13 bits per heavy atom. The topological polar surface area (TPSA) is 63.8 Å². The van der Waals surface area contributed by atoms with Crippen molar-refractivity contribution in [3.05, 3.63) is 48.0 Å². The molecule has 4 aromatic rings. The summed E-state index contributed by atoms with van der Waals surface area (Å²) in [5.74, 6) is 2.52. The van der Waals surface area contributed by atoms with Crippen LogP contribution in [-0.4, -0.2) is 14.3 Å². The minimum absolute atomic E-state index is 0.587. The number of hydrogen-bond donors (Lipinski definition) is 1. The summed E-state index contributed by atoms with van der Waals surface area (Å²) in [6.07, 6.45) is 0.848. The van der Waals surface area contributed by atoms with E-state index in [2.05, 4.69) is 25.7 Å². The molecule has 0 fully saturated rings. The zero-order valence-corrected chi connectivity index (χ0v) is 14.1. The van der Waals surface area contributed by atoms with Crippen molar-refractivity contribution in [2.75, 3.05) is 5.32 Å². The summed E-state index contributed by atoms with van der Waals surface area (Å²) in [7, 11) is 0. The van der Waals surface area contributed by atoms with Crippen molar-refractivity contribution in [1.29, 1.82) is 0 Å². The maximum Gasteiger partial charge on any atom is 0.202 e. The van der Waals surface area contributed by atoms with E-state index < -0.39 is 0 Å². The van der Waals surface area contributed by atoms with E-state index in [0.717, 1.165) is 39.4 Å². The molecule has 0 spiro atoms. The predicted molar refractivity (Wildman–Crippen MR) is 93.9 cm³/mol. The average molecular weight is 342 g/mol. The number of benzene rings is 1. The number of hydrogen-bond acceptors (Lipinski definition) is 7. The third kappa shape index (κ3) is 2.97. The molecule has 4 rings (SSSR count). The normalized spacial score (nSPS) is 11.2. The van der Waals surface area contributed by atoms with Gasteiger partial charge in [-0.25, -0.2) is 9.97 Å². The molecule has 0 bridgehead atoms. The van der Waals surface area contributed by atoms with E-state index in [-0.39, 0.29) is 0 Å². The van der Waals surface area contributed by atoms with Crippen molar-refractivity contribution in [2.24, 2.45) is 0 Å². The molecule has 0 saturated heterocycles. The molecule has 116 valence electrons. The molecule has 0 saturated carbocycles. The van der Waals surface area contributed by atoms with Crippen LogP contribution >= 0.6 is 22.9 Å². The van der Waals surface area contributed by atoms with Crippen molar-refractivity contribution < 1.29 is 4.42 Å². The number of fused-ring (bicyclic) bond motifs is 1. The second-order valence-electron chi connectivity index (χ2n) is 4.98. The van der Waals surface area contributed by atoms with Gasteiger partial charge in [0.05, 0.1) is 16.8 Å². The highest BCUT2D eigenvalue weighted by atomic mass is 32.1. The van der Waals surface area contributed by atoms with E-state index >= 15 is 0 Å². The van der Waals surface area contributed by atoms with E-state index in [0.29, 0.717) is 6.54 Å². The molecule has 1 aromatic carbocycles. The number of rotatable bonds is 5. The lowest BCUT2D eigenvalue weighted by atomic mass is 10.3. The summed E-state index contributed by atoms with van der Waals surface area (Å²) in [5, 5.41) is 4.96. The van der Waals surface area contributed by atoms with Crippen molar-refractivity contribution >= 4 is 38.2 Å². The number of para-hydroxylation sites is 1. The van der Waals surface area contributed by atoms with Crippen LogP contribution in [0.2, 0.25) is 0 Å². The molecule has 5 nitrogen and oxygen atoms in total. The van der Waals surface area contributed by atoms with Gasteiger partial charge in [-0.15, -0.1) is 11.3 Å². The molecule has 0 unspecified atom stereocenters. The van der Waals surface area contributed by atoms with E-state index in [4.69, 9.17) is 4.42 Å². The third-order valence-electron chi connectivity index (χ3n) is 3.36. The Balaban J connectivity index is 1.49. The van der Waals surface area contributed by atoms with Crippen LogP contribution in [0, 0.1) is 0 Å². The van der Waals surface area contributed by atoms with Crippen LogP contribution in [-0.2, 0) is 13.0 Å². The zero-order valence-electron chi connectivity index (χ0n) is 12.4. The smallest absolute Gasteiger partial charge is 0.202 e. The van der Waals surface area contributed by atoms with E-state index in [1.807, 2.05) is 37.3 Å². The van der Waals surface area contributed by atoms with E-state index in [1.54, 1.807) is 11.3 Å². The first kappa shape index (κ1) is 14.3. The minimum atomic E-state index is 0.587. The lowest BCUT2D eigenvalue weighted by Gasteiger charge is -1.98. The Morgan fingerprint density at radius 3 is 2.87 bits per heavy atom. The second-order valence-corrected chi connectivity index (χ2v) is 6.76. The fourth-order valence-electron chi connectivity index (χ4n) is 2.20. The minimum Gasteiger partial charge on any atom is -0.457 e. The van der Waals surface area contributed by atoms with Crippen molar-refractivity contribution in [2.45, 2.75) is 19.9 Å². The van der Waals surface area contributed by atoms with Gasteiger partial charge in [0.2, 0.25) is 5.13 Å². The predicted octanol–water partition coefficient (Wildman–Crippen LogP) is 4.58. The van der Waals surface area contributed by atoms with Gasteiger partial charge in [0.15, 0.2) is 10.8 Å². The molecule has 0 aliphatic heterocycles. The highest BCUT2D eigenvalue weighted by Crippen LogP contribution is 2.31. The molecule has 1 N–H and O–H groups in total. The molecular formula is C16H14N4OS2. The number of aromatic nitrogens is 3. The molecule has 0 atom stereocenters. The van der Waals surface area contributed by atoms with Gasteiger partial charge >= 0.3 is 0 Å². The molecule has 23 heavy (non-hydrogen) atoms. The fourth-order valence-corrected chi connectivity index (χ4v) is 3.77. The van der Waals surface area contributed by atoms with Gasteiger partial charge in [-0.3, -0.25) is 0 Å². The van der Waals surface area contributed by atoms with Crippen molar-refractivity contribution in [3.8, 4) is 10.8 Å². The molecule has 7 heteroatoms. The second kappa shape index (κ2) is 6.10. The average Bonchev–Trinajstić information content (AvgIpc) is 3.30. The largest absolute Gasteiger partial charge is 0.457 e. The Kier molecular flexibility index (Phi) is 3.80. The highest BCUT2D eigenvalue weighted by Gasteiger charge is 2.11. The molecule has 3 aromatic heterocycles. The maximum absolute atomic E-state index is 5.90. The van der Waals surface area contributed by atoms with Gasteiger partial charge in [0, 0.05) is 18.0 Å². The molecule has 0 aliphatic rings. The SMILES string of the molecule is CCc1nsc(NCc2ccc(-c3nc4ccccc4s3)o2)n1. The number of thiazole rings is 1. The quantitative estimate of drug-likeness (QED) is 0.575. The van der Waals surface area contributed by atoms with Gasteiger partial charge in [-0.2, -0.15) is 4.37 Å². The number of furan rings is 1. The summed E-state index contributed by atoms with van der Waals surface area (Å²) in [4.78, 5) is 8.99. The zero-order chi connectivity index (χ0) is 15.6. The summed E-state index contributed by atoms with van der Waals surface area (Å²) >= 11 is 3.01. The number of aryl methyl sites for hydroxylation is 1. The van der Waals surface area contributed by atoms with Gasteiger partial charge in [0.25, 0.3) is 0 Å². The van der Waals surface area contributed by atoms with Crippen LogP contribution in [0.3, 0.4) is 0 Å². The van der Waals surface area contributed by atoms with Crippen molar-refractivity contribution in [1.82, 2.24) is 14.3 Å².